The van der Waals surface area contributed by atoms with Crippen molar-refractivity contribution >= 4 is 11.3 Å². The van der Waals surface area contributed by atoms with Crippen LogP contribution in [0.4, 0.5) is 0 Å². The van der Waals surface area contributed by atoms with E-state index in [4.69, 9.17) is 4.98 Å². The Morgan fingerprint density at radius 2 is 2.33 bits per heavy atom. The van der Waals surface area contributed by atoms with E-state index in [0.29, 0.717) is 5.41 Å². The van der Waals surface area contributed by atoms with Crippen LogP contribution < -0.4 is 5.32 Å². The Morgan fingerprint density at radius 3 is 2.93 bits per heavy atom. The molecular weight excluding hydrogens is 204 g/mol. The van der Waals surface area contributed by atoms with Crippen LogP contribution in [0.15, 0.2) is 5.38 Å². The highest BCUT2D eigenvalue weighted by Gasteiger charge is 2.48. The molecule has 1 atom stereocenters. The lowest BCUT2D eigenvalue weighted by molar-refractivity contribution is 0.617. The van der Waals surface area contributed by atoms with E-state index < -0.39 is 0 Å². The minimum atomic E-state index is 0.506. The van der Waals surface area contributed by atoms with Gasteiger partial charge in [-0.25, -0.2) is 4.98 Å². The zero-order valence-electron chi connectivity index (χ0n) is 9.84. The predicted octanol–water partition coefficient (Wildman–Crippen LogP) is 3.16. The number of nitrogens with zero attached hydrogens (tertiary/aromatic N) is 1. The molecule has 15 heavy (non-hydrogen) atoms. The van der Waals surface area contributed by atoms with E-state index in [1.54, 1.807) is 0 Å². The van der Waals surface area contributed by atoms with Crippen molar-refractivity contribution < 1.29 is 0 Å². The smallest absolute Gasteiger partial charge is 0.0965 e. The summed E-state index contributed by atoms with van der Waals surface area (Å²) < 4.78 is 0. The summed E-state index contributed by atoms with van der Waals surface area (Å²) in [6.07, 6.45) is 2.50. The van der Waals surface area contributed by atoms with Gasteiger partial charge in [-0.15, -0.1) is 11.3 Å². The summed E-state index contributed by atoms with van der Waals surface area (Å²) in [7, 11) is 0. The molecule has 0 radical (unpaired) electrons. The molecule has 1 saturated carbocycles. The van der Waals surface area contributed by atoms with E-state index in [9.17, 15) is 0 Å². The van der Waals surface area contributed by atoms with Gasteiger partial charge in [-0.2, -0.15) is 0 Å². The summed E-state index contributed by atoms with van der Waals surface area (Å²) in [6.45, 7) is 8.85. The summed E-state index contributed by atoms with van der Waals surface area (Å²) in [4.78, 5) is 4.70. The van der Waals surface area contributed by atoms with Crippen LogP contribution in [0.1, 0.15) is 50.2 Å². The van der Waals surface area contributed by atoms with Gasteiger partial charge in [0.05, 0.1) is 10.7 Å². The lowest BCUT2D eigenvalue weighted by atomic mass is 10.1. The van der Waals surface area contributed by atoms with E-state index in [0.717, 1.165) is 19.0 Å². The number of thiazole rings is 1. The number of hydrogen-bond donors (Lipinski definition) is 1. The van der Waals surface area contributed by atoms with Crippen molar-refractivity contribution in [2.24, 2.45) is 5.41 Å². The molecule has 0 spiro atoms. The van der Waals surface area contributed by atoms with Crippen molar-refractivity contribution in [3.8, 4) is 0 Å². The second-order valence-corrected chi connectivity index (χ2v) is 5.99. The molecule has 1 fully saturated rings. The third-order valence-corrected chi connectivity index (χ3v) is 4.12. The first-order valence-electron chi connectivity index (χ1n) is 5.78. The molecule has 0 aromatic carbocycles. The van der Waals surface area contributed by atoms with Crippen molar-refractivity contribution in [1.29, 1.82) is 0 Å². The Morgan fingerprint density at radius 1 is 1.60 bits per heavy atom. The van der Waals surface area contributed by atoms with Gasteiger partial charge in [0.1, 0.15) is 0 Å². The highest BCUT2D eigenvalue weighted by Crippen LogP contribution is 2.59. The molecule has 0 bridgehead atoms. The van der Waals surface area contributed by atoms with Crippen LogP contribution in [0.2, 0.25) is 0 Å². The third kappa shape index (κ3) is 2.58. The van der Waals surface area contributed by atoms with Crippen molar-refractivity contribution in [1.82, 2.24) is 10.3 Å². The quantitative estimate of drug-likeness (QED) is 0.777. The highest BCUT2D eigenvalue weighted by atomic mass is 32.1. The van der Waals surface area contributed by atoms with Crippen LogP contribution in [0, 0.1) is 5.41 Å². The van der Waals surface area contributed by atoms with Gasteiger partial charge < -0.3 is 5.32 Å². The van der Waals surface area contributed by atoms with Gasteiger partial charge in [0.15, 0.2) is 0 Å². The van der Waals surface area contributed by atoms with E-state index >= 15 is 0 Å². The van der Waals surface area contributed by atoms with Crippen LogP contribution in [-0.2, 0) is 6.54 Å². The molecular formula is C12H20N2S. The molecule has 2 nitrogen and oxygen atoms in total. The minimum absolute atomic E-state index is 0.506. The van der Waals surface area contributed by atoms with Gasteiger partial charge in [-0.3, -0.25) is 0 Å². The van der Waals surface area contributed by atoms with Crippen molar-refractivity contribution in [3.63, 3.8) is 0 Å². The number of hydrogen-bond acceptors (Lipinski definition) is 3. The highest BCUT2D eigenvalue weighted by molar-refractivity contribution is 7.09. The fraction of sp³-hybridized carbons (Fsp3) is 0.750. The first-order valence-corrected chi connectivity index (χ1v) is 6.66. The topological polar surface area (TPSA) is 24.9 Å². The average Bonchev–Trinajstić information content (AvgIpc) is 2.64. The molecule has 0 amide bonds. The molecule has 84 valence electrons. The SMILES string of the molecule is CCCNCc1csc(C2CC2(C)C)n1. The minimum Gasteiger partial charge on any atom is -0.311 e. The molecule has 2 rings (SSSR count). The van der Waals surface area contributed by atoms with Crippen molar-refractivity contribution in [2.75, 3.05) is 6.54 Å². The lowest BCUT2D eigenvalue weighted by Crippen LogP contribution is -2.13. The first kappa shape index (κ1) is 11.1. The monoisotopic (exact) mass is 224 g/mol. The van der Waals surface area contributed by atoms with Gasteiger partial charge >= 0.3 is 0 Å². The molecule has 3 heteroatoms. The predicted molar refractivity (Wildman–Crippen MR) is 65.3 cm³/mol. The van der Waals surface area contributed by atoms with E-state index in [-0.39, 0.29) is 0 Å². The second-order valence-electron chi connectivity index (χ2n) is 5.10. The van der Waals surface area contributed by atoms with Gasteiger partial charge in [0, 0.05) is 17.8 Å². The maximum absolute atomic E-state index is 4.70. The van der Waals surface area contributed by atoms with Crippen molar-refractivity contribution in [3.05, 3.63) is 16.1 Å². The Bertz CT molecular complexity index is 330. The van der Waals surface area contributed by atoms with Gasteiger partial charge in [-0.1, -0.05) is 20.8 Å². The van der Waals surface area contributed by atoms with Crippen LogP contribution in [0.25, 0.3) is 0 Å². The zero-order valence-corrected chi connectivity index (χ0v) is 10.7. The Hall–Kier alpha value is -0.410. The molecule has 1 N–H and O–H groups in total. The average molecular weight is 224 g/mol. The van der Waals surface area contributed by atoms with Crippen LogP contribution in [0.5, 0.6) is 0 Å². The molecule has 1 aliphatic rings. The summed E-state index contributed by atoms with van der Waals surface area (Å²) in [5, 5.41) is 6.93. The summed E-state index contributed by atoms with van der Waals surface area (Å²) >= 11 is 1.83. The Balaban J connectivity index is 1.88. The van der Waals surface area contributed by atoms with Gasteiger partial charge in [-0.05, 0) is 24.8 Å². The summed E-state index contributed by atoms with van der Waals surface area (Å²) in [6, 6.07) is 0. The van der Waals surface area contributed by atoms with Crippen LogP contribution in [-0.4, -0.2) is 11.5 Å². The zero-order chi connectivity index (χ0) is 10.9. The number of nitrogens with one attached hydrogen (secondary N) is 1. The van der Waals surface area contributed by atoms with Crippen molar-refractivity contribution in [2.45, 2.75) is 46.1 Å². The standard InChI is InChI=1S/C12H20N2S/c1-4-5-13-7-9-8-15-11(14-9)10-6-12(10,2)3/h8,10,13H,4-7H2,1-3H3. The molecule has 0 aliphatic heterocycles. The molecule has 1 heterocycles. The number of aromatic nitrogens is 1. The normalized spacial score (nSPS) is 23.0. The Kier molecular flexibility index (Phi) is 3.12. The van der Waals surface area contributed by atoms with E-state index in [1.807, 2.05) is 11.3 Å². The maximum Gasteiger partial charge on any atom is 0.0965 e. The Labute approximate surface area is 96.1 Å². The fourth-order valence-corrected chi connectivity index (χ4v) is 2.98. The first-order chi connectivity index (χ1) is 7.13. The van der Waals surface area contributed by atoms with Gasteiger partial charge in [0.2, 0.25) is 0 Å². The fourth-order valence-electron chi connectivity index (χ4n) is 1.85. The molecule has 0 saturated heterocycles. The molecule has 1 aromatic heterocycles. The third-order valence-electron chi connectivity index (χ3n) is 3.11. The summed E-state index contributed by atoms with van der Waals surface area (Å²) in [5.41, 5.74) is 1.72. The lowest BCUT2D eigenvalue weighted by Gasteiger charge is -1.99. The van der Waals surface area contributed by atoms with E-state index in [1.165, 1.54) is 23.5 Å². The van der Waals surface area contributed by atoms with Crippen LogP contribution in [0.3, 0.4) is 0 Å². The largest absolute Gasteiger partial charge is 0.311 e. The molecule has 1 aromatic rings. The molecule has 1 unspecified atom stereocenters. The van der Waals surface area contributed by atoms with Crippen LogP contribution >= 0.6 is 11.3 Å². The van der Waals surface area contributed by atoms with E-state index in [2.05, 4.69) is 31.5 Å². The number of rotatable bonds is 5. The summed E-state index contributed by atoms with van der Waals surface area (Å²) in [5.74, 6) is 0.724. The molecule has 1 aliphatic carbocycles. The second kappa shape index (κ2) is 4.22. The van der Waals surface area contributed by atoms with Gasteiger partial charge in [0.25, 0.3) is 0 Å². The maximum atomic E-state index is 4.70.